The molecule has 4 heteroatoms. The van der Waals surface area contributed by atoms with Gasteiger partial charge in [0.25, 0.3) is 0 Å². The van der Waals surface area contributed by atoms with E-state index in [1.807, 2.05) is 39.0 Å². The number of aliphatic imine (C=N–C) groups is 1. The lowest BCUT2D eigenvalue weighted by Gasteiger charge is -2.36. The number of nitrogens with zero attached hydrogens (tertiary/aromatic N) is 1. The molecule has 0 spiro atoms. The fourth-order valence-electron chi connectivity index (χ4n) is 2.57. The Balaban J connectivity index is 2.57. The van der Waals surface area contributed by atoms with Crippen molar-refractivity contribution >= 4 is 5.97 Å². The van der Waals surface area contributed by atoms with E-state index in [1.54, 1.807) is 6.08 Å². The number of hydrogen-bond acceptors (Lipinski definition) is 3. The summed E-state index contributed by atoms with van der Waals surface area (Å²) >= 11 is 0. The van der Waals surface area contributed by atoms with Gasteiger partial charge in [0.2, 0.25) is 5.97 Å². The van der Waals surface area contributed by atoms with E-state index < -0.39 is 11.5 Å². The molecule has 112 valence electrons. The first-order valence-corrected chi connectivity index (χ1v) is 7.07. The van der Waals surface area contributed by atoms with Gasteiger partial charge < -0.3 is 11.5 Å². The lowest BCUT2D eigenvalue weighted by molar-refractivity contribution is 0.429. The Morgan fingerprint density at radius 1 is 1.29 bits per heavy atom. The van der Waals surface area contributed by atoms with Crippen molar-refractivity contribution in [1.29, 1.82) is 0 Å². The van der Waals surface area contributed by atoms with Crippen molar-refractivity contribution in [3.8, 4) is 0 Å². The third-order valence-corrected chi connectivity index (χ3v) is 4.17. The van der Waals surface area contributed by atoms with Crippen LogP contribution < -0.4 is 11.5 Å². The zero-order valence-corrected chi connectivity index (χ0v) is 12.7. The number of allylic oxidation sites excluding steroid dienone is 2. The van der Waals surface area contributed by atoms with E-state index in [4.69, 9.17) is 11.5 Å². The van der Waals surface area contributed by atoms with Gasteiger partial charge >= 0.3 is 0 Å². The minimum atomic E-state index is -0.917. The molecule has 1 aliphatic rings. The summed E-state index contributed by atoms with van der Waals surface area (Å²) in [6, 6.07) is 5.66. The molecule has 1 aromatic carbocycles. The molecule has 2 atom stereocenters. The van der Waals surface area contributed by atoms with Crippen molar-refractivity contribution in [2.75, 3.05) is 0 Å². The highest BCUT2D eigenvalue weighted by atomic mass is 19.1. The highest BCUT2D eigenvalue weighted by Gasteiger charge is 2.36. The van der Waals surface area contributed by atoms with Crippen molar-refractivity contribution in [1.82, 2.24) is 0 Å². The average molecular weight is 287 g/mol. The van der Waals surface area contributed by atoms with Crippen LogP contribution in [0.4, 0.5) is 4.39 Å². The summed E-state index contributed by atoms with van der Waals surface area (Å²) in [5, 5.41) is 0. The molecule has 0 bridgehead atoms. The maximum absolute atomic E-state index is 13.7. The van der Waals surface area contributed by atoms with Crippen LogP contribution in [0.1, 0.15) is 30.0 Å². The number of benzene rings is 1. The number of rotatable bonds is 3. The Hall–Kier alpha value is -1.78. The first kappa shape index (κ1) is 15.6. The number of hydrogen-bond donors (Lipinski definition) is 2. The van der Waals surface area contributed by atoms with Crippen LogP contribution in [0.3, 0.4) is 0 Å². The molecule has 0 radical (unpaired) electrons. The van der Waals surface area contributed by atoms with Crippen molar-refractivity contribution < 1.29 is 4.39 Å². The van der Waals surface area contributed by atoms with Crippen LogP contribution >= 0.6 is 0 Å². The maximum atomic E-state index is 13.7. The van der Waals surface area contributed by atoms with Crippen molar-refractivity contribution in [2.24, 2.45) is 16.5 Å². The van der Waals surface area contributed by atoms with E-state index in [-0.39, 0.29) is 6.04 Å². The van der Waals surface area contributed by atoms with E-state index in [0.717, 1.165) is 16.7 Å². The third-order valence-electron chi connectivity index (χ3n) is 4.17. The Morgan fingerprint density at radius 2 is 2.00 bits per heavy atom. The van der Waals surface area contributed by atoms with Crippen molar-refractivity contribution in [2.45, 2.75) is 38.8 Å². The third kappa shape index (κ3) is 2.96. The first-order chi connectivity index (χ1) is 9.85. The maximum Gasteiger partial charge on any atom is 0.212 e. The second-order valence-electron chi connectivity index (χ2n) is 5.67. The van der Waals surface area contributed by atoms with Crippen molar-refractivity contribution in [3.05, 3.63) is 58.8 Å². The van der Waals surface area contributed by atoms with Crippen LogP contribution in [-0.4, -0.2) is 12.0 Å². The van der Waals surface area contributed by atoms with Gasteiger partial charge in [-0.15, -0.1) is 0 Å². The van der Waals surface area contributed by atoms with E-state index >= 15 is 0 Å². The second-order valence-corrected chi connectivity index (χ2v) is 5.67. The minimum absolute atomic E-state index is 0.356. The summed E-state index contributed by atoms with van der Waals surface area (Å²) < 4.78 is 13.7. The molecule has 21 heavy (non-hydrogen) atoms. The van der Waals surface area contributed by atoms with Crippen LogP contribution in [-0.2, 0) is 5.54 Å². The molecule has 1 heterocycles. The number of nitrogens with two attached hydrogens (primary N) is 2. The van der Waals surface area contributed by atoms with Crippen LogP contribution in [0.25, 0.3) is 0 Å². The van der Waals surface area contributed by atoms with Gasteiger partial charge in [-0.25, -0.2) is 4.99 Å². The molecular weight excluding hydrogens is 265 g/mol. The quantitative estimate of drug-likeness (QED) is 0.897. The van der Waals surface area contributed by atoms with Gasteiger partial charge in [0.05, 0.1) is 5.54 Å². The van der Waals surface area contributed by atoms with E-state index in [2.05, 4.69) is 4.99 Å². The molecule has 0 amide bonds. The van der Waals surface area contributed by atoms with Crippen LogP contribution in [0.5, 0.6) is 0 Å². The largest absolute Gasteiger partial charge is 0.326 e. The SMILES string of the molecule is Cc1ccc([C@@](N)(C2=CC(F)=NC=CC2)[C@H](C)N)cc1C. The van der Waals surface area contributed by atoms with Gasteiger partial charge in [0.1, 0.15) is 0 Å². The van der Waals surface area contributed by atoms with E-state index in [9.17, 15) is 4.39 Å². The summed E-state index contributed by atoms with van der Waals surface area (Å²) in [5.74, 6) is -0.543. The number of halogens is 1. The molecule has 2 rings (SSSR count). The standard InChI is InChI=1S/C17H22FN3/c1-11-6-7-15(9-12(11)2)17(20,13(3)19)14-5-4-8-21-16(18)10-14/h4,6-10,13H,5,19-20H2,1-3H3/t13-,17-/m0/s1. The fraction of sp³-hybridized carbons (Fsp3) is 0.353. The zero-order valence-electron chi connectivity index (χ0n) is 12.7. The summed E-state index contributed by atoms with van der Waals surface area (Å²) in [6.07, 6.45) is 5.19. The Labute approximate surface area is 125 Å². The molecule has 0 aliphatic carbocycles. The molecule has 0 saturated carbocycles. The van der Waals surface area contributed by atoms with Gasteiger partial charge in [-0.2, -0.15) is 4.39 Å². The summed E-state index contributed by atoms with van der Waals surface area (Å²) in [6.45, 7) is 5.92. The summed E-state index contributed by atoms with van der Waals surface area (Å²) in [7, 11) is 0. The Kier molecular flexibility index (Phi) is 4.40. The smallest absolute Gasteiger partial charge is 0.212 e. The van der Waals surface area contributed by atoms with Gasteiger partial charge in [0.15, 0.2) is 0 Å². The van der Waals surface area contributed by atoms with Crippen LogP contribution in [0.15, 0.2) is 47.1 Å². The highest BCUT2D eigenvalue weighted by molar-refractivity contribution is 5.88. The molecule has 0 fully saturated rings. The average Bonchev–Trinajstić information content (AvgIpc) is 2.65. The van der Waals surface area contributed by atoms with Crippen LogP contribution in [0.2, 0.25) is 0 Å². The van der Waals surface area contributed by atoms with Crippen molar-refractivity contribution in [3.63, 3.8) is 0 Å². The summed E-state index contributed by atoms with van der Waals surface area (Å²) in [5.41, 5.74) is 15.8. The monoisotopic (exact) mass is 287 g/mol. The Morgan fingerprint density at radius 3 is 2.62 bits per heavy atom. The highest BCUT2D eigenvalue weighted by Crippen LogP contribution is 2.34. The lowest BCUT2D eigenvalue weighted by Crippen LogP contribution is -2.52. The van der Waals surface area contributed by atoms with E-state index in [1.165, 1.54) is 17.8 Å². The van der Waals surface area contributed by atoms with Crippen LogP contribution in [0, 0.1) is 13.8 Å². The number of aryl methyl sites for hydroxylation is 2. The predicted molar refractivity (Wildman–Crippen MR) is 85.8 cm³/mol. The zero-order chi connectivity index (χ0) is 15.6. The molecule has 0 aromatic heterocycles. The molecule has 3 nitrogen and oxygen atoms in total. The Bertz CT molecular complexity index is 629. The molecular formula is C17H22FN3. The first-order valence-electron chi connectivity index (χ1n) is 7.07. The predicted octanol–water partition coefficient (Wildman–Crippen LogP) is 3.02. The van der Waals surface area contributed by atoms with Gasteiger partial charge in [0, 0.05) is 12.2 Å². The fourth-order valence-corrected chi connectivity index (χ4v) is 2.57. The van der Waals surface area contributed by atoms with Gasteiger partial charge in [-0.1, -0.05) is 24.3 Å². The molecule has 1 aliphatic heterocycles. The topological polar surface area (TPSA) is 64.4 Å². The minimum Gasteiger partial charge on any atom is -0.326 e. The second kappa shape index (κ2) is 5.92. The molecule has 4 N–H and O–H groups in total. The lowest BCUT2D eigenvalue weighted by atomic mass is 9.76. The normalized spacial score (nSPS) is 19.3. The van der Waals surface area contributed by atoms with E-state index in [0.29, 0.717) is 6.42 Å². The molecule has 0 saturated heterocycles. The molecule has 1 aromatic rings. The molecule has 0 unspecified atom stereocenters. The van der Waals surface area contributed by atoms with Gasteiger partial charge in [-0.05, 0) is 55.5 Å². The summed E-state index contributed by atoms with van der Waals surface area (Å²) in [4.78, 5) is 3.67. The van der Waals surface area contributed by atoms with Gasteiger partial charge in [-0.3, -0.25) is 0 Å².